The normalized spacial score (nSPS) is 13.1. The highest BCUT2D eigenvalue weighted by Crippen LogP contribution is 2.32. The van der Waals surface area contributed by atoms with E-state index in [4.69, 9.17) is 18.9 Å². The van der Waals surface area contributed by atoms with Gasteiger partial charge in [-0.3, -0.25) is 4.79 Å². The van der Waals surface area contributed by atoms with Gasteiger partial charge in [0, 0.05) is 26.1 Å². The summed E-state index contributed by atoms with van der Waals surface area (Å²) in [6.07, 6.45) is 4.21. The predicted molar refractivity (Wildman–Crippen MR) is 112 cm³/mol. The lowest BCUT2D eigenvalue weighted by Crippen LogP contribution is -2.24. The van der Waals surface area contributed by atoms with Crippen LogP contribution in [0.5, 0.6) is 23.0 Å². The molecule has 0 unspecified atom stereocenters. The lowest BCUT2D eigenvalue weighted by molar-refractivity contribution is -0.125. The first-order chi connectivity index (χ1) is 14.0. The van der Waals surface area contributed by atoms with Crippen molar-refractivity contribution >= 4 is 12.0 Å². The van der Waals surface area contributed by atoms with E-state index < -0.39 is 0 Å². The van der Waals surface area contributed by atoms with Gasteiger partial charge in [-0.25, -0.2) is 0 Å². The van der Waals surface area contributed by atoms with E-state index in [1.165, 1.54) is 0 Å². The highest BCUT2D eigenvalue weighted by Gasteiger charge is 2.13. The minimum Gasteiger partial charge on any atom is -0.493 e. The first-order valence-electron chi connectivity index (χ1n) is 9.56. The third-order valence-electron chi connectivity index (χ3n) is 4.82. The van der Waals surface area contributed by atoms with Crippen molar-refractivity contribution in [3.05, 3.63) is 53.1 Å². The molecule has 2 aromatic carbocycles. The highest BCUT2D eigenvalue weighted by molar-refractivity contribution is 5.91. The third-order valence-corrected chi connectivity index (χ3v) is 4.82. The van der Waals surface area contributed by atoms with Gasteiger partial charge >= 0.3 is 0 Å². The van der Waals surface area contributed by atoms with Crippen molar-refractivity contribution in [1.29, 1.82) is 0 Å². The molecule has 0 atom stereocenters. The molecule has 6 heteroatoms. The molecule has 2 aromatic rings. The van der Waals surface area contributed by atoms with E-state index in [0.717, 1.165) is 28.9 Å². The molecule has 0 saturated carbocycles. The zero-order chi connectivity index (χ0) is 20.8. The topological polar surface area (TPSA) is 57.2 Å². The maximum Gasteiger partial charge on any atom is 0.246 e. The summed E-state index contributed by atoms with van der Waals surface area (Å²) in [5.41, 5.74) is 2.93. The van der Waals surface area contributed by atoms with Crippen LogP contribution in [-0.2, 0) is 11.3 Å². The van der Waals surface area contributed by atoms with E-state index in [9.17, 15) is 4.79 Å². The van der Waals surface area contributed by atoms with E-state index in [2.05, 4.69) is 0 Å². The Balaban J connectivity index is 1.69. The van der Waals surface area contributed by atoms with Crippen LogP contribution in [0, 0.1) is 6.92 Å². The average molecular weight is 397 g/mol. The number of ether oxygens (including phenoxy) is 4. The summed E-state index contributed by atoms with van der Waals surface area (Å²) >= 11 is 0. The fraction of sp³-hybridized carbons (Fsp3) is 0.348. The molecular weight excluding hydrogens is 370 g/mol. The molecule has 0 aromatic heterocycles. The molecule has 0 bridgehead atoms. The van der Waals surface area contributed by atoms with Crippen LogP contribution < -0.4 is 18.9 Å². The molecule has 3 rings (SSSR count). The van der Waals surface area contributed by atoms with Crippen molar-refractivity contribution in [3.63, 3.8) is 0 Å². The Morgan fingerprint density at radius 2 is 1.76 bits per heavy atom. The molecule has 0 saturated heterocycles. The van der Waals surface area contributed by atoms with Gasteiger partial charge in [0.25, 0.3) is 0 Å². The van der Waals surface area contributed by atoms with Crippen LogP contribution in [0.1, 0.15) is 23.1 Å². The number of rotatable bonds is 6. The van der Waals surface area contributed by atoms with Crippen LogP contribution in [0.15, 0.2) is 36.4 Å². The smallest absolute Gasteiger partial charge is 0.246 e. The SMILES string of the molecule is COc1cc(C)c(CN(C)C(=O)/C=C/c2ccc3c(c2)OCCCO3)cc1OC. The molecule has 154 valence electrons. The van der Waals surface area contributed by atoms with E-state index in [-0.39, 0.29) is 5.91 Å². The molecule has 1 aliphatic rings. The van der Waals surface area contributed by atoms with Crippen molar-refractivity contribution in [1.82, 2.24) is 4.90 Å². The maximum atomic E-state index is 12.6. The van der Waals surface area contributed by atoms with Gasteiger partial charge in [0.15, 0.2) is 23.0 Å². The van der Waals surface area contributed by atoms with Gasteiger partial charge in [0.05, 0.1) is 27.4 Å². The maximum absolute atomic E-state index is 12.6. The highest BCUT2D eigenvalue weighted by atomic mass is 16.5. The molecule has 0 spiro atoms. The number of amides is 1. The Morgan fingerprint density at radius 1 is 1.07 bits per heavy atom. The molecule has 6 nitrogen and oxygen atoms in total. The molecule has 0 radical (unpaired) electrons. The van der Waals surface area contributed by atoms with Crippen LogP contribution in [0.2, 0.25) is 0 Å². The minimum atomic E-state index is -0.0914. The number of methoxy groups -OCH3 is 2. The Bertz CT molecular complexity index is 906. The predicted octanol–water partition coefficient (Wildman–Crippen LogP) is 3.85. The number of hydrogen-bond donors (Lipinski definition) is 0. The summed E-state index contributed by atoms with van der Waals surface area (Å²) < 4.78 is 22.0. The zero-order valence-electron chi connectivity index (χ0n) is 17.4. The summed E-state index contributed by atoms with van der Waals surface area (Å²) in [5, 5.41) is 0. The first-order valence-corrected chi connectivity index (χ1v) is 9.56. The van der Waals surface area contributed by atoms with E-state index >= 15 is 0 Å². The standard InChI is InChI=1S/C23H27NO5/c1-16-12-20(26-3)21(27-4)14-18(16)15-24(2)23(25)9-7-17-6-8-19-22(13-17)29-11-5-10-28-19/h6-9,12-14H,5,10-11,15H2,1-4H3/b9-7+. The molecule has 1 amide bonds. The Labute approximate surface area is 171 Å². The number of carbonyl (C=O) groups is 1. The second kappa shape index (κ2) is 9.37. The van der Waals surface area contributed by atoms with E-state index in [0.29, 0.717) is 37.0 Å². The summed E-state index contributed by atoms with van der Waals surface area (Å²) in [7, 11) is 4.98. The molecule has 0 fully saturated rings. The quantitative estimate of drug-likeness (QED) is 0.693. The number of aryl methyl sites for hydroxylation is 1. The molecule has 0 aliphatic carbocycles. The number of benzene rings is 2. The molecule has 0 N–H and O–H groups in total. The van der Waals surface area contributed by atoms with Crippen molar-refractivity contribution in [3.8, 4) is 23.0 Å². The van der Waals surface area contributed by atoms with Crippen LogP contribution in [0.4, 0.5) is 0 Å². The fourth-order valence-corrected chi connectivity index (χ4v) is 3.10. The molecule has 29 heavy (non-hydrogen) atoms. The third kappa shape index (κ3) is 5.02. The Hall–Kier alpha value is -3.15. The van der Waals surface area contributed by atoms with Crippen LogP contribution >= 0.6 is 0 Å². The van der Waals surface area contributed by atoms with Gasteiger partial charge in [-0.15, -0.1) is 0 Å². The summed E-state index contributed by atoms with van der Waals surface area (Å²) in [6.45, 7) is 3.74. The Kier molecular flexibility index (Phi) is 6.65. The zero-order valence-corrected chi connectivity index (χ0v) is 17.4. The second-order valence-electron chi connectivity index (χ2n) is 6.92. The largest absolute Gasteiger partial charge is 0.493 e. The number of hydrogen-bond acceptors (Lipinski definition) is 5. The van der Waals surface area contributed by atoms with E-state index in [1.54, 1.807) is 38.3 Å². The Morgan fingerprint density at radius 3 is 2.48 bits per heavy atom. The fourth-order valence-electron chi connectivity index (χ4n) is 3.10. The average Bonchev–Trinajstić information content (AvgIpc) is 2.97. The van der Waals surface area contributed by atoms with Gasteiger partial charge in [0.1, 0.15) is 0 Å². The number of carbonyl (C=O) groups excluding carboxylic acids is 1. The van der Waals surface area contributed by atoms with Crippen molar-refractivity contribution in [2.45, 2.75) is 19.9 Å². The van der Waals surface area contributed by atoms with Crippen LogP contribution in [0.25, 0.3) is 6.08 Å². The summed E-state index contributed by atoms with van der Waals surface area (Å²) in [5.74, 6) is 2.69. The van der Waals surface area contributed by atoms with Crippen LogP contribution in [-0.4, -0.2) is 45.3 Å². The minimum absolute atomic E-state index is 0.0914. The van der Waals surface area contributed by atoms with Gasteiger partial charge in [-0.1, -0.05) is 6.07 Å². The number of likely N-dealkylation sites (N-methyl/N-ethyl adjacent to an activating group) is 1. The second-order valence-corrected chi connectivity index (χ2v) is 6.92. The number of fused-ring (bicyclic) bond motifs is 1. The molecular formula is C23H27NO5. The van der Waals surface area contributed by atoms with Gasteiger partial charge in [-0.05, 0) is 54.0 Å². The lowest BCUT2D eigenvalue weighted by atomic mass is 10.1. The summed E-state index contributed by atoms with van der Waals surface area (Å²) in [6, 6.07) is 9.51. The van der Waals surface area contributed by atoms with Crippen LogP contribution in [0.3, 0.4) is 0 Å². The van der Waals surface area contributed by atoms with Gasteiger partial charge < -0.3 is 23.8 Å². The molecule has 1 aliphatic heterocycles. The van der Waals surface area contributed by atoms with Crippen molar-refractivity contribution in [2.24, 2.45) is 0 Å². The van der Waals surface area contributed by atoms with E-state index in [1.807, 2.05) is 37.3 Å². The van der Waals surface area contributed by atoms with Gasteiger partial charge in [0.2, 0.25) is 5.91 Å². The molecule has 1 heterocycles. The van der Waals surface area contributed by atoms with Crippen molar-refractivity contribution in [2.75, 3.05) is 34.5 Å². The lowest BCUT2D eigenvalue weighted by Gasteiger charge is -2.18. The summed E-state index contributed by atoms with van der Waals surface area (Å²) in [4.78, 5) is 14.2. The van der Waals surface area contributed by atoms with Crippen molar-refractivity contribution < 1.29 is 23.7 Å². The number of nitrogens with zero attached hydrogens (tertiary/aromatic N) is 1. The first kappa shape index (κ1) is 20.6. The van der Waals surface area contributed by atoms with Gasteiger partial charge in [-0.2, -0.15) is 0 Å². The monoisotopic (exact) mass is 397 g/mol.